The number of hydrogen-bond donors (Lipinski definition) is 3. The third kappa shape index (κ3) is 6.09. The Morgan fingerprint density at radius 2 is 1.73 bits per heavy atom. The molecule has 0 amide bonds. The topological polar surface area (TPSA) is 78.4 Å². The number of rotatable bonds is 6. The first-order chi connectivity index (χ1) is 6.57. The Hall–Kier alpha value is -0.170. The fourth-order valence-corrected chi connectivity index (χ4v) is 2.23. The van der Waals surface area contributed by atoms with Crippen molar-refractivity contribution in [1.29, 1.82) is 0 Å². The monoisotopic (exact) mass is 238 g/mol. The first kappa shape index (κ1) is 14.8. The maximum Gasteiger partial charge on any atom is 0.277 e. The van der Waals surface area contributed by atoms with Crippen LogP contribution in [0.1, 0.15) is 34.6 Å². The summed E-state index contributed by atoms with van der Waals surface area (Å²) in [4.78, 5) is 0. The summed E-state index contributed by atoms with van der Waals surface area (Å²) in [6.45, 7) is 9.03. The molecule has 0 aliphatic carbocycles. The number of aliphatic hydroxyl groups is 1. The Bertz CT molecular complexity index is 284. The van der Waals surface area contributed by atoms with Gasteiger partial charge >= 0.3 is 0 Å². The van der Waals surface area contributed by atoms with Gasteiger partial charge < -0.3 is 5.11 Å². The molecule has 0 aromatic rings. The minimum absolute atomic E-state index is 0.247. The minimum atomic E-state index is -3.54. The third-order valence-corrected chi connectivity index (χ3v) is 3.46. The maximum atomic E-state index is 11.5. The van der Waals surface area contributed by atoms with Gasteiger partial charge in [-0.3, -0.25) is 0 Å². The van der Waals surface area contributed by atoms with Crippen molar-refractivity contribution in [3.05, 3.63) is 0 Å². The molecule has 0 aromatic heterocycles. The van der Waals surface area contributed by atoms with Crippen LogP contribution >= 0.6 is 0 Å². The first-order valence-corrected chi connectivity index (χ1v) is 6.52. The second-order valence-corrected chi connectivity index (χ2v) is 6.25. The highest BCUT2D eigenvalue weighted by molar-refractivity contribution is 7.87. The van der Waals surface area contributed by atoms with Crippen molar-refractivity contribution in [2.45, 2.75) is 46.3 Å². The summed E-state index contributed by atoms with van der Waals surface area (Å²) >= 11 is 0. The Morgan fingerprint density at radius 1 is 1.27 bits per heavy atom. The van der Waals surface area contributed by atoms with E-state index in [-0.39, 0.29) is 5.92 Å². The first-order valence-electron chi connectivity index (χ1n) is 5.03. The van der Waals surface area contributed by atoms with E-state index in [0.29, 0.717) is 6.54 Å². The van der Waals surface area contributed by atoms with Crippen molar-refractivity contribution >= 4 is 10.2 Å². The fourth-order valence-electron chi connectivity index (χ4n) is 0.744. The van der Waals surface area contributed by atoms with E-state index < -0.39 is 21.9 Å². The van der Waals surface area contributed by atoms with E-state index >= 15 is 0 Å². The largest absolute Gasteiger partial charge is 0.391 e. The van der Waals surface area contributed by atoms with Crippen LogP contribution in [0.5, 0.6) is 0 Å². The second kappa shape index (κ2) is 5.25. The van der Waals surface area contributed by atoms with Gasteiger partial charge in [-0.15, -0.1) is 0 Å². The number of hydrogen-bond acceptors (Lipinski definition) is 3. The molecule has 0 rings (SSSR count). The molecule has 0 aliphatic heterocycles. The predicted octanol–water partition coefficient (Wildman–Crippen LogP) is 0.226. The standard InChI is InChI=1S/C9H22N2O3S/c1-7(2)6-10-15(13,14)11-9(4,5)8(3)12/h7-8,10-12H,6H2,1-5H3. The molecule has 0 spiro atoms. The summed E-state index contributed by atoms with van der Waals surface area (Å²) in [5, 5.41) is 9.37. The van der Waals surface area contributed by atoms with E-state index in [4.69, 9.17) is 0 Å². The molecule has 0 saturated heterocycles. The van der Waals surface area contributed by atoms with Gasteiger partial charge in [-0.2, -0.15) is 13.1 Å². The maximum absolute atomic E-state index is 11.5. The van der Waals surface area contributed by atoms with E-state index in [1.54, 1.807) is 20.8 Å². The van der Waals surface area contributed by atoms with E-state index in [9.17, 15) is 13.5 Å². The van der Waals surface area contributed by atoms with E-state index in [1.807, 2.05) is 13.8 Å². The van der Waals surface area contributed by atoms with Crippen LogP contribution in [0.4, 0.5) is 0 Å². The van der Waals surface area contributed by atoms with E-state index in [0.717, 1.165) is 0 Å². The smallest absolute Gasteiger partial charge is 0.277 e. The van der Waals surface area contributed by atoms with E-state index in [1.165, 1.54) is 0 Å². The Morgan fingerprint density at radius 3 is 2.07 bits per heavy atom. The SMILES string of the molecule is CC(C)CNS(=O)(=O)NC(C)(C)C(C)O. The average molecular weight is 238 g/mol. The Labute approximate surface area is 92.4 Å². The lowest BCUT2D eigenvalue weighted by Gasteiger charge is -2.29. The number of aliphatic hydroxyl groups excluding tert-OH is 1. The molecular formula is C9H22N2O3S. The van der Waals surface area contributed by atoms with Crippen LogP contribution in [0.15, 0.2) is 0 Å². The molecule has 0 bridgehead atoms. The molecule has 0 fully saturated rings. The average Bonchev–Trinajstić information content (AvgIpc) is 1.99. The zero-order valence-electron chi connectivity index (χ0n) is 10.0. The van der Waals surface area contributed by atoms with Crippen LogP contribution in [0.2, 0.25) is 0 Å². The van der Waals surface area contributed by atoms with Gasteiger partial charge in [-0.25, -0.2) is 4.72 Å². The highest BCUT2D eigenvalue weighted by atomic mass is 32.2. The van der Waals surface area contributed by atoms with Crippen molar-refractivity contribution in [2.75, 3.05) is 6.54 Å². The zero-order chi connectivity index (χ0) is 12.3. The van der Waals surface area contributed by atoms with Crippen molar-refractivity contribution in [2.24, 2.45) is 5.92 Å². The highest BCUT2D eigenvalue weighted by Gasteiger charge is 2.29. The zero-order valence-corrected chi connectivity index (χ0v) is 10.9. The van der Waals surface area contributed by atoms with Crippen LogP contribution < -0.4 is 9.44 Å². The van der Waals surface area contributed by atoms with E-state index in [2.05, 4.69) is 9.44 Å². The predicted molar refractivity (Wildman–Crippen MR) is 60.7 cm³/mol. The Kier molecular flexibility index (Phi) is 5.19. The van der Waals surface area contributed by atoms with Gasteiger partial charge in [0, 0.05) is 6.54 Å². The summed E-state index contributed by atoms with van der Waals surface area (Å²) in [6, 6.07) is 0. The quantitative estimate of drug-likeness (QED) is 0.619. The van der Waals surface area contributed by atoms with Crippen LogP contribution in [-0.4, -0.2) is 31.7 Å². The molecule has 6 heteroatoms. The number of nitrogens with one attached hydrogen (secondary N) is 2. The summed E-state index contributed by atoms with van der Waals surface area (Å²) in [7, 11) is -3.54. The molecule has 5 nitrogen and oxygen atoms in total. The molecular weight excluding hydrogens is 216 g/mol. The van der Waals surface area contributed by atoms with Crippen molar-refractivity contribution < 1.29 is 13.5 Å². The second-order valence-electron chi connectivity index (χ2n) is 4.75. The lowest BCUT2D eigenvalue weighted by atomic mass is 10.0. The van der Waals surface area contributed by atoms with Gasteiger partial charge in [-0.1, -0.05) is 13.8 Å². The molecule has 0 radical (unpaired) electrons. The molecule has 0 heterocycles. The summed E-state index contributed by atoms with van der Waals surface area (Å²) < 4.78 is 27.9. The van der Waals surface area contributed by atoms with Crippen molar-refractivity contribution in [3.8, 4) is 0 Å². The van der Waals surface area contributed by atoms with Gasteiger partial charge in [0.25, 0.3) is 10.2 Å². The molecule has 92 valence electrons. The van der Waals surface area contributed by atoms with Crippen molar-refractivity contribution in [1.82, 2.24) is 9.44 Å². The molecule has 15 heavy (non-hydrogen) atoms. The fraction of sp³-hybridized carbons (Fsp3) is 1.00. The van der Waals surface area contributed by atoms with Gasteiger partial charge in [-0.05, 0) is 26.7 Å². The molecule has 0 saturated carbocycles. The van der Waals surface area contributed by atoms with Crippen LogP contribution in [0, 0.1) is 5.92 Å². The van der Waals surface area contributed by atoms with Crippen LogP contribution in [0.25, 0.3) is 0 Å². The molecule has 3 N–H and O–H groups in total. The van der Waals surface area contributed by atoms with Gasteiger partial charge in [0.1, 0.15) is 0 Å². The Balaban J connectivity index is 4.39. The van der Waals surface area contributed by atoms with Crippen LogP contribution in [0.3, 0.4) is 0 Å². The van der Waals surface area contributed by atoms with Crippen molar-refractivity contribution in [3.63, 3.8) is 0 Å². The molecule has 0 aliphatic rings. The summed E-state index contributed by atoms with van der Waals surface area (Å²) in [5.41, 5.74) is -0.872. The minimum Gasteiger partial charge on any atom is -0.391 e. The molecule has 1 atom stereocenters. The third-order valence-electron chi connectivity index (χ3n) is 2.12. The lowest BCUT2D eigenvalue weighted by Crippen LogP contribution is -2.54. The van der Waals surface area contributed by atoms with Gasteiger partial charge in [0.2, 0.25) is 0 Å². The lowest BCUT2D eigenvalue weighted by molar-refractivity contribution is 0.111. The highest BCUT2D eigenvalue weighted by Crippen LogP contribution is 2.09. The van der Waals surface area contributed by atoms with Gasteiger partial charge in [0.05, 0.1) is 11.6 Å². The normalized spacial score (nSPS) is 15.7. The summed E-state index contributed by atoms with van der Waals surface area (Å²) in [5.74, 6) is 0.247. The molecule has 1 unspecified atom stereocenters. The van der Waals surface area contributed by atoms with Gasteiger partial charge in [0.15, 0.2) is 0 Å². The molecule has 0 aromatic carbocycles. The van der Waals surface area contributed by atoms with Crippen LogP contribution in [-0.2, 0) is 10.2 Å². The summed E-state index contributed by atoms with van der Waals surface area (Å²) in [6.07, 6.45) is -0.756.